The Bertz CT molecular complexity index is 616. The summed E-state index contributed by atoms with van der Waals surface area (Å²) in [5.74, 6) is 0. The minimum atomic E-state index is 0.428. The summed E-state index contributed by atoms with van der Waals surface area (Å²) in [6.07, 6.45) is 0. The molecule has 0 spiro atoms. The van der Waals surface area contributed by atoms with Crippen molar-refractivity contribution in [1.82, 2.24) is 0 Å². The van der Waals surface area contributed by atoms with Crippen LogP contribution in [0.4, 0.5) is 5.69 Å². The number of benzene rings is 2. The largest absolute Gasteiger partial charge is 0.380 e. The van der Waals surface area contributed by atoms with Gasteiger partial charge in [-0.2, -0.15) is 0 Å². The van der Waals surface area contributed by atoms with E-state index in [-0.39, 0.29) is 0 Å². The fraction of sp³-hybridized carbons (Fsp3) is 0.0769. The van der Waals surface area contributed by atoms with Gasteiger partial charge in [-0.1, -0.05) is 62.3 Å². The Morgan fingerprint density at radius 1 is 0.842 bits per heavy atom. The third kappa shape index (κ3) is 3.93. The molecule has 0 aliphatic heterocycles. The van der Waals surface area contributed by atoms with E-state index in [1.807, 2.05) is 18.2 Å². The molecule has 6 heteroatoms. The number of nitrogens with one attached hydrogen (secondary N) is 1. The molecule has 1 nitrogen and oxygen atoms in total. The van der Waals surface area contributed by atoms with Gasteiger partial charge >= 0.3 is 0 Å². The topological polar surface area (TPSA) is 12.0 Å². The second kappa shape index (κ2) is 6.55. The molecule has 2 rings (SSSR count). The van der Waals surface area contributed by atoms with Crippen LogP contribution < -0.4 is 5.32 Å². The van der Waals surface area contributed by atoms with Gasteiger partial charge in [0.05, 0.1) is 20.8 Å². The number of anilines is 1. The molecule has 0 fully saturated rings. The number of rotatable bonds is 3. The highest BCUT2D eigenvalue weighted by Gasteiger charge is 2.07. The van der Waals surface area contributed by atoms with Crippen molar-refractivity contribution in [3.63, 3.8) is 0 Å². The molecule has 0 atom stereocenters. The van der Waals surface area contributed by atoms with E-state index in [1.54, 1.807) is 12.1 Å². The third-order valence-electron chi connectivity index (χ3n) is 2.49. The molecule has 0 saturated carbocycles. The molecule has 0 amide bonds. The molecule has 0 heterocycles. The molecule has 0 aromatic heterocycles. The van der Waals surface area contributed by atoms with Crippen molar-refractivity contribution in [2.45, 2.75) is 6.54 Å². The van der Waals surface area contributed by atoms with E-state index in [1.165, 1.54) is 0 Å². The van der Waals surface area contributed by atoms with Crippen molar-refractivity contribution in [2.75, 3.05) is 5.32 Å². The van der Waals surface area contributed by atoms with Crippen LogP contribution in [-0.2, 0) is 6.54 Å². The highest BCUT2D eigenvalue weighted by atomic mass is 79.9. The van der Waals surface area contributed by atoms with Gasteiger partial charge in [0.15, 0.2) is 0 Å². The van der Waals surface area contributed by atoms with Crippen molar-refractivity contribution in [3.05, 3.63) is 60.5 Å². The van der Waals surface area contributed by atoms with Crippen LogP contribution in [0, 0.1) is 0 Å². The van der Waals surface area contributed by atoms with Crippen LogP contribution in [-0.4, -0.2) is 0 Å². The first-order chi connectivity index (χ1) is 8.97. The quantitative estimate of drug-likeness (QED) is 0.568. The van der Waals surface area contributed by atoms with Crippen molar-refractivity contribution < 1.29 is 0 Å². The summed E-state index contributed by atoms with van der Waals surface area (Å²) >= 11 is 27.5. The Hall–Kier alpha value is -0.120. The lowest BCUT2D eigenvalue weighted by atomic mass is 10.2. The van der Waals surface area contributed by atoms with Gasteiger partial charge in [0, 0.05) is 16.0 Å². The Labute approximate surface area is 139 Å². The summed E-state index contributed by atoms with van der Waals surface area (Å²) in [4.78, 5) is 0. The lowest BCUT2D eigenvalue weighted by molar-refractivity contribution is 1.15. The van der Waals surface area contributed by atoms with Crippen molar-refractivity contribution in [2.24, 2.45) is 0 Å². The van der Waals surface area contributed by atoms with E-state index >= 15 is 0 Å². The smallest absolute Gasteiger partial charge is 0.0653 e. The summed E-state index contributed by atoms with van der Waals surface area (Å²) in [7, 11) is 0. The summed E-state index contributed by atoms with van der Waals surface area (Å²) in [5, 5.41) is 5.27. The van der Waals surface area contributed by atoms with E-state index in [9.17, 15) is 0 Å². The van der Waals surface area contributed by atoms with Gasteiger partial charge in [0.25, 0.3) is 0 Å². The first-order valence-electron chi connectivity index (χ1n) is 5.29. The van der Waals surface area contributed by atoms with Crippen LogP contribution >= 0.6 is 62.3 Å². The van der Waals surface area contributed by atoms with Crippen LogP contribution in [0.2, 0.25) is 20.1 Å². The summed E-state index contributed by atoms with van der Waals surface area (Å²) in [6.45, 7) is 0.538. The van der Waals surface area contributed by atoms with Crippen LogP contribution in [0.15, 0.2) is 34.8 Å². The monoisotopic (exact) mass is 397 g/mol. The summed E-state index contributed by atoms with van der Waals surface area (Å²) < 4.78 is 0.967. The molecule has 19 heavy (non-hydrogen) atoms. The molecular weight excluding hydrogens is 392 g/mol. The SMILES string of the molecule is Clc1cc(Cl)c(NCc2cc(Br)ccc2Cl)cc1Cl. The molecule has 100 valence electrons. The van der Waals surface area contributed by atoms with Crippen LogP contribution in [0.1, 0.15) is 5.56 Å². The normalized spacial score (nSPS) is 10.6. The zero-order chi connectivity index (χ0) is 14.0. The minimum absolute atomic E-state index is 0.428. The van der Waals surface area contributed by atoms with Crippen molar-refractivity contribution in [1.29, 1.82) is 0 Å². The van der Waals surface area contributed by atoms with Crippen molar-refractivity contribution >= 4 is 68.0 Å². The number of hydrogen-bond acceptors (Lipinski definition) is 1. The van der Waals surface area contributed by atoms with E-state index < -0.39 is 0 Å². The number of hydrogen-bond donors (Lipinski definition) is 1. The molecule has 2 aromatic carbocycles. The van der Waals surface area contributed by atoms with Crippen LogP contribution in [0.25, 0.3) is 0 Å². The molecule has 1 N–H and O–H groups in total. The van der Waals surface area contributed by atoms with Gasteiger partial charge < -0.3 is 5.32 Å². The van der Waals surface area contributed by atoms with E-state index in [0.717, 1.165) is 10.0 Å². The molecule has 0 bridgehead atoms. The maximum absolute atomic E-state index is 6.12. The van der Waals surface area contributed by atoms with Crippen LogP contribution in [0.5, 0.6) is 0 Å². The lowest BCUT2D eigenvalue weighted by Gasteiger charge is -2.11. The van der Waals surface area contributed by atoms with E-state index in [4.69, 9.17) is 46.4 Å². The zero-order valence-corrected chi connectivity index (χ0v) is 14.1. The third-order valence-corrected chi connectivity index (χ3v) is 4.38. The standard InChI is InChI=1S/C13H8BrCl4N/c14-8-1-2-9(15)7(3-8)6-19-13-5-11(17)10(16)4-12(13)18/h1-5,19H,6H2. The second-order valence-electron chi connectivity index (χ2n) is 3.84. The van der Waals surface area contributed by atoms with Gasteiger partial charge in [0.1, 0.15) is 0 Å². The summed E-state index contributed by atoms with van der Waals surface area (Å²) in [6, 6.07) is 8.96. The highest BCUT2D eigenvalue weighted by Crippen LogP contribution is 2.33. The number of halogens is 5. The van der Waals surface area contributed by atoms with Crippen LogP contribution in [0.3, 0.4) is 0 Å². The zero-order valence-electron chi connectivity index (χ0n) is 9.48. The molecule has 0 aliphatic rings. The fourth-order valence-corrected chi connectivity index (χ4v) is 2.73. The molecular formula is C13H8BrCl4N. The molecule has 2 aromatic rings. The fourth-order valence-electron chi connectivity index (χ4n) is 1.53. The maximum Gasteiger partial charge on any atom is 0.0653 e. The van der Waals surface area contributed by atoms with Gasteiger partial charge in [0.2, 0.25) is 0 Å². The highest BCUT2D eigenvalue weighted by molar-refractivity contribution is 9.10. The van der Waals surface area contributed by atoms with Gasteiger partial charge in [-0.05, 0) is 35.9 Å². The Morgan fingerprint density at radius 2 is 1.53 bits per heavy atom. The Morgan fingerprint density at radius 3 is 2.26 bits per heavy atom. The maximum atomic E-state index is 6.12. The lowest BCUT2D eigenvalue weighted by Crippen LogP contribution is -2.01. The Balaban J connectivity index is 2.19. The van der Waals surface area contributed by atoms with Gasteiger partial charge in [-0.25, -0.2) is 0 Å². The minimum Gasteiger partial charge on any atom is -0.380 e. The predicted molar refractivity (Wildman–Crippen MR) is 88.0 cm³/mol. The summed E-state index contributed by atoms with van der Waals surface area (Å²) in [5.41, 5.74) is 1.67. The van der Waals surface area contributed by atoms with E-state index in [2.05, 4.69) is 21.2 Å². The average Bonchev–Trinajstić information content (AvgIpc) is 2.36. The second-order valence-corrected chi connectivity index (χ2v) is 6.38. The van der Waals surface area contributed by atoms with Crippen molar-refractivity contribution in [3.8, 4) is 0 Å². The van der Waals surface area contributed by atoms with Gasteiger partial charge in [-0.15, -0.1) is 0 Å². The molecule has 0 unspecified atom stereocenters. The predicted octanol–water partition coefficient (Wildman–Crippen LogP) is 6.67. The van der Waals surface area contributed by atoms with E-state index in [0.29, 0.717) is 32.3 Å². The molecule has 0 radical (unpaired) electrons. The van der Waals surface area contributed by atoms with Gasteiger partial charge in [-0.3, -0.25) is 0 Å². The average molecular weight is 400 g/mol. The Kier molecular flexibility index (Phi) is 5.27. The first kappa shape index (κ1) is 15.3. The molecule has 0 saturated heterocycles. The molecule has 0 aliphatic carbocycles. The first-order valence-corrected chi connectivity index (χ1v) is 7.60.